The van der Waals surface area contributed by atoms with E-state index in [-0.39, 0.29) is 18.5 Å². The molecule has 31 heavy (non-hydrogen) atoms. The second-order valence-electron chi connectivity index (χ2n) is 7.35. The van der Waals surface area contributed by atoms with E-state index in [2.05, 4.69) is 5.10 Å². The summed E-state index contributed by atoms with van der Waals surface area (Å²) in [7, 11) is 2.66. The predicted molar refractivity (Wildman–Crippen MR) is 115 cm³/mol. The number of esters is 2. The average Bonchev–Trinajstić information content (AvgIpc) is 3.13. The van der Waals surface area contributed by atoms with Crippen molar-refractivity contribution >= 4 is 24.1 Å². The van der Waals surface area contributed by atoms with E-state index >= 15 is 0 Å². The molecule has 3 rings (SSSR count). The average molecular weight is 423 g/mol. The number of hydrazone groups is 1. The van der Waals surface area contributed by atoms with Crippen LogP contribution in [0.25, 0.3) is 0 Å². The van der Waals surface area contributed by atoms with Gasteiger partial charge in [-0.15, -0.1) is 0 Å². The zero-order chi connectivity index (χ0) is 22.5. The number of hydrogen-bond acceptors (Lipinski definition) is 7. The first-order valence-electron chi connectivity index (χ1n) is 9.84. The molecular formula is C23H25N3O5. The van der Waals surface area contributed by atoms with Crippen LogP contribution in [0.2, 0.25) is 0 Å². The number of amides is 1. The molecule has 1 saturated heterocycles. The first-order chi connectivity index (χ1) is 14.8. The Morgan fingerprint density at radius 2 is 1.48 bits per heavy atom. The normalized spacial score (nSPS) is 16.9. The number of nitrogens with zero attached hydrogens (tertiary/aromatic N) is 3. The monoisotopic (exact) mass is 423 g/mol. The fourth-order valence-electron chi connectivity index (χ4n) is 3.38. The molecular weight excluding hydrogens is 398 g/mol. The van der Waals surface area contributed by atoms with Crippen LogP contribution in [0.1, 0.15) is 51.9 Å². The molecule has 0 saturated carbocycles. The molecule has 0 spiro atoms. The lowest BCUT2D eigenvalue weighted by Gasteiger charge is -2.30. The SMILES string of the molecule is COC(=O)c1ccc(C=NN2C(=O)CN(C(C)C)C2c2ccc(C(=O)OC)cc2)cc1. The molecule has 162 valence electrons. The molecule has 0 aliphatic carbocycles. The summed E-state index contributed by atoms with van der Waals surface area (Å²) in [6.07, 6.45) is 1.18. The minimum atomic E-state index is -0.417. The molecule has 0 N–H and O–H groups in total. The van der Waals surface area contributed by atoms with E-state index in [1.807, 2.05) is 18.7 Å². The van der Waals surface area contributed by atoms with Gasteiger partial charge in [0.05, 0.1) is 38.1 Å². The van der Waals surface area contributed by atoms with Gasteiger partial charge in [-0.3, -0.25) is 9.69 Å². The maximum absolute atomic E-state index is 12.7. The van der Waals surface area contributed by atoms with Crippen molar-refractivity contribution in [2.45, 2.75) is 26.1 Å². The number of carbonyl (C=O) groups excluding carboxylic acids is 3. The Labute approximate surface area is 181 Å². The second kappa shape index (κ2) is 9.53. The highest BCUT2D eigenvalue weighted by atomic mass is 16.5. The van der Waals surface area contributed by atoms with Gasteiger partial charge in [0.15, 0.2) is 0 Å². The third-order valence-corrected chi connectivity index (χ3v) is 5.08. The van der Waals surface area contributed by atoms with Crippen LogP contribution in [-0.2, 0) is 14.3 Å². The van der Waals surface area contributed by atoms with Crippen molar-refractivity contribution in [3.8, 4) is 0 Å². The minimum Gasteiger partial charge on any atom is -0.465 e. The van der Waals surface area contributed by atoms with Crippen LogP contribution in [0.15, 0.2) is 53.6 Å². The summed E-state index contributed by atoms with van der Waals surface area (Å²) in [4.78, 5) is 38.1. The van der Waals surface area contributed by atoms with E-state index in [0.29, 0.717) is 11.1 Å². The van der Waals surface area contributed by atoms with Gasteiger partial charge in [-0.05, 0) is 49.2 Å². The van der Waals surface area contributed by atoms with E-state index in [9.17, 15) is 14.4 Å². The van der Waals surface area contributed by atoms with Crippen molar-refractivity contribution in [1.29, 1.82) is 0 Å². The van der Waals surface area contributed by atoms with Gasteiger partial charge in [-0.25, -0.2) is 14.6 Å². The highest BCUT2D eigenvalue weighted by Gasteiger charge is 2.40. The van der Waals surface area contributed by atoms with Gasteiger partial charge >= 0.3 is 11.9 Å². The number of carbonyl (C=O) groups is 3. The molecule has 8 nitrogen and oxygen atoms in total. The maximum Gasteiger partial charge on any atom is 0.337 e. The zero-order valence-corrected chi connectivity index (χ0v) is 17.9. The maximum atomic E-state index is 12.7. The minimum absolute atomic E-state index is 0.105. The molecule has 1 amide bonds. The van der Waals surface area contributed by atoms with Crippen molar-refractivity contribution in [3.63, 3.8) is 0 Å². The molecule has 0 radical (unpaired) electrons. The van der Waals surface area contributed by atoms with E-state index < -0.39 is 18.1 Å². The lowest BCUT2D eigenvalue weighted by molar-refractivity contribution is -0.128. The summed E-state index contributed by atoms with van der Waals surface area (Å²) in [6, 6.07) is 13.8. The predicted octanol–water partition coefficient (Wildman–Crippen LogP) is 2.85. The van der Waals surface area contributed by atoms with Gasteiger partial charge in [0.1, 0.15) is 6.17 Å². The Bertz CT molecular complexity index is 983. The van der Waals surface area contributed by atoms with Gasteiger partial charge in [0, 0.05) is 6.04 Å². The molecule has 1 unspecified atom stereocenters. The first kappa shape index (κ1) is 22.2. The molecule has 2 aromatic carbocycles. The fourth-order valence-corrected chi connectivity index (χ4v) is 3.38. The van der Waals surface area contributed by atoms with Crippen molar-refractivity contribution in [2.24, 2.45) is 5.10 Å². The van der Waals surface area contributed by atoms with Crippen LogP contribution in [0, 0.1) is 0 Å². The largest absolute Gasteiger partial charge is 0.465 e. The number of hydrogen-bond donors (Lipinski definition) is 0. The summed E-state index contributed by atoms with van der Waals surface area (Å²) in [5.74, 6) is -0.959. The summed E-state index contributed by atoms with van der Waals surface area (Å²) in [6.45, 7) is 4.27. The third kappa shape index (κ3) is 4.80. The van der Waals surface area contributed by atoms with Gasteiger partial charge in [-0.2, -0.15) is 5.10 Å². The molecule has 2 aromatic rings. The fraction of sp³-hybridized carbons (Fsp3) is 0.304. The number of methoxy groups -OCH3 is 2. The van der Waals surface area contributed by atoms with Crippen LogP contribution in [0.4, 0.5) is 0 Å². The van der Waals surface area contributed by atoms with Gasteiger partial charge in [-0.1, -0.05) is 24.3 Å². The van der Waals surface area contributed by atoms with Crippen LogP contribution >= 0.6 is 0 Å². The molecule has 0 bridgehead atoms. The van der Waals surface area contributed by atoms with Gasteiger partial charge in [0.2, 0.25) is 0 Å². The molecule has 1 atom stereocenters. The van der Waals surface area contributed by atoms with E-state index in [1.165, 1.54) is 19.2 Å². The Morgan fingerprint density at radius 1 is 0.968 bits per heavy atom. The summed E-state index contributed by atoms with van der Waals surface area (Å²) in [5.41, 5.74) is 2.45. The van der Waals surface area contributed by atoms with Crippen LogP contribution < -0.4 is 0 Å². The highest BCUT2D eigenvalue weighted by Crippen LogP contribution is 2.33. The molecule has 1 aliphatic rings. The van der Waals surface area contributed by atoms with E-state index in [4.69, 9.17) is 9.47 Å². The lowest BCUT2D eigenvalue weighted by atomic mass is 10.1. The molecule has 1 fully saturated rings. The van der Waals surface area contributed by atoms with Gasteiger partial charge < -0.3 is 9.47 Å². The van der Waals surface area contributed by atoms with Crippen molar-refractivity contribution in [2.75, 3.05) is 20.8 Å². The molecule has 1 aliphatic heterocycles. The summed E-state index contributed by atoms with van der Waals surface area (Å²) >= 11 is 0. The van der Waals surface area contributed by atoms with Crippen LogP contribution in [-0.4, -0.2) is 60.8 Å². The Hall–Kier alpha value is -3.52. The molecule has 8 heteroatoms. The number of rotatable bonds is 6. The number of benzene rings is 2. The third-order valence-electron chi connectivity index (χ3n) is 5.08. The zero-order valence-electron chi connectivity index (χ0n) is 17.9. The van der Waals surface area contributed by atoms with E-state index in [0.717, 1.165) is 11.1 Å². The Kier molecular flexibility index (Phi) is 6.81. The Morgan fingerprint density at radius 3 is 1.97 bits per heavy atom. The number of ether oxygens (including phenoxy) is 2. The quantitative estimate of drug-likeness (QED) is 0.524. The summed E-state index contributed by atoms with van der Waals surface area (Å²) in [5, 5.41) is 5.89. The molecule has 1 heterocycles. The second-order valence-corrected chi connectivity index (χ2v) is 7.35. The van der Waals surface area contributed by atoms with Gasteiger partial charge in [0.25, 0.3) is 5.91 Å². The van der Waals surface area contributed by atoms with Crippen molar-refractivity contribution in [3.05, 3.63) is 70.8 Å². The Balaban J connectivity index is 1.88. The van der Waals surface area contributed by atoms with Crippen molar-refractivity contribution in [1.82, 2.24) is 9.91 Å². The molecule has 0 aromatic heterocycles. The lowest BCUT2D eigenvalue weighted by Crippen LogP contribution is -2.33. The smallest absolute Gasteiger partial charge is 0.337 e. The van der Waals surface area contributed by atoms with Crippen LogP contribution in [0.3, 0.4) is 0 Å². The van der Waals surface area contributed by atoms with Crippen LogP contribution in [0.5, 0.6) is 0 Å². The summed E-state index contributed by atoms with van der Waals surface area (Å²) < 4.78 is 9.45. The highest BCUT2D eigenvalue weighted by molar-refractivity contribution is 5.91. The standard InChI is InChI=1S/C23H25N3O5/c1-15(2)25-14-20(27)26(21(25)17-9-11-19(12-10-17)23(29)31-4)24-13-16-5-7-18(8-6-16)22(28)30-3/h5-13,15,21H,14H2,1-4H3. The topological polar surface area (TPSA) is 88.5 Å². The van der Waals surface area contributed by atoms with Crippen molar-refractivity contribution < 1.29 is 23.9 Å². The van der Waals surface area contributed by atoms with E-state index in [1.54, 1.807) is 54.7 Å². The first-order valence-corrected chi connectivity index (χ1v) is 9.84.